The van der Waals surface area contributed by atoms with Gasteiger partial charge in [0.25, 0.3) is 0 Å². The predicted molar refractivity (Wildman–Crippen MR) is 97.8 cm³/mol. The average Bonchev–Trinajstić information content (AvgIpc) is 2.63. The lowest BCUT2D eigenvalue weighted by molar-refractivity contribution is 0.0963. The molecule has 128 valence electrons. The third kappa shape index (κ3) is 2.99. The molecule has 1 unspecified atom stereocenters. The zero-order chi connectivity index (χ0) is 17.3. The van der Waals surface area contributed by atoms with E-state index in [1.54, 1.807) is 0 Å². The summed E-state index contributed by atoms with van der Waals surface area (Å²) in [7, 11) is 0. The molecular weight excluding hydrogens is 296 g/mol. The van der Waals surface area contributed by atoms with Gasteiger partial charge in [-0.2, -0.15) is 0 Å². The summed E-state index contributed by atoms with van der Waals surface area (Å²) in [5.41, 5.74) is 5.29. The van der Waals surface area contributed by atoms with Gasteiger partial charge in [-0.1, -0.05) is 33.3 Å². The third-order valence-corrected chi connectivity index (χ3v) is 5.78. The molecule has 0 radical (unpaired) electrons. The van der Waals surface area contributed by atoms with Crippen LogP contribution in [0.5, 0.6) is 0 Å². The van der Waals surface area contributed by atoms with Gasteiger partial charge in [-0.15, -0.1) is 0 Å². The molecule has 2 heteroatoms. The number of carbonyl (C=O) groups is 2. The van der Waals surface area contributed by atoms with Crippen molar-refractivity contribution in [2.75, 3.05) is 0 Å². The Morgan fingerprint density at radius 3 is 2.29 bits per heavy atom. The van der Waals surface area contributed by atoms with E-state index in [1.807, 2.05) is 6.07 Å². The van der Waals surface area contributed by atoms with Crippen molar-refractivity contribution < 1.29 is 9.59 Å². The van der Waals surface area contributed by atoms with Gasteiger partial charge in [0, 0.05) is 22.3 Å². The van der Waals surface area contributed by atoms with E-state index in [4.69, 9.17) is 0 Å². The van der Waals surface area contributed by atoms with Crippen molar-refractivity contribution in [3.63, 3.8) is 0 Å². The summed E-state index contributed by atoms with van der Waals surface area (Å²) in [4.78, 5) is 26.1. The quantitative estimate of drug-likeness (QED) is 0.719. The Hall–Kier alpha value is -1.70. The van der Waals surface area contributed by atoms with Gasteiger partial charge in [0.2, 0.25) is 0 Å². The van der Waals surface area contributed by atoms with E-state index in [0.29, 0.717) is 11.5 Å². The molecule has 0 N–H and O–H groups in total. The van der Waals surface area contributed by atoms with Gasteiger partial charge in [-0.25, -0.2) is 0 Å². The van der Waals surface area contributed by atoms with Crippen LogP contribution < -0.4 is 0 Å². The summed E-state index contributed by atoms with van der Waals surface area (Å²) < 4.78 is 0. The van der Waals surface area contributed by atoms with Crippen LogP contribution in [-0.4, -0.2) is 11.6 Å². The Morgan fingerprint density at radius 1 is 1.00 bits per heavy atom. The van der Waals surface area contributed by atoms with Gasteiger partial charge in [-0.3, -0.25) is 9.59 Å². The monoisotopic (exact) mass is 324 g/mol. The Kier molecular flexibility index (Phi) is 5.03. The molecule has 1 aromatic carbocycles. The number of rotatable bonds is 5. The summed E-state index contributed by atoms with van der Waals surface area (Å²) in [6.07, 6.45) is 7.63. The maximum atomic E-state index is 13.1. The molecule has 0 fully saturated rings. The number of benzene rings is 1. The van der Waals surface area contributed by atoms with Crippen LogP contribution in [0, 0.1) is 5.92 Å². The largest absolute Gasteiger partial charge is 0.289 e. The normalized spacial score (nSPS) is 18.5. The Bertz CT molecular complexity index is 709. The first kappa shape index (κ1) is 17.1. The van der Waals surface area contributed by atoms with Crippen molar-refractivity contribution in [2.24, 2.45) is 5.92 Å². The van der Waals surface area contributed by atoms with Gasteiger partial charge in [0.05, 0.1) is 0 Å². The zero-order valence-corrected chi connectivity index (χ0v) is 15.2. The van der Waals surface area contributed by atoms with E-state index in [9.17, 15) is 9.59 Å². The van der Waals surface area contributed by atoms with Crippen LogP contribution in [0.1, 0.15) is 91.1 Å². The zero-order valence-electron chi connectivity index (χ0n) is 15.2. The highest BCUT2D eigenvalue weighted by molar-refractivity contribution is 6.27. The molecule has 24 heavy (non-hydrogen) atoms. The number of fused-ring (bicyclic) bond motifs is 1. The maximum Gasteiger partial charge on any atom is 0.190 e. The molecule has 3 rings (SSSR count). The minimum Gasteiger partial charge on any atom is -0.289 e. The van der Waals surface area contributed by atoms with E-state index in [2.05, 4.69) is 26.8 Å². The first-order valence-corrected chi connectivity index (χ1v) is 9.54. The van der Waals surface area contributed by atoms with Gasteiger partial charge in [0.15, 0.2) is 11.6 Å². The lowest BCUT2D eigenvalue weighted by atomic mass is 9.75. The van der Waals surface area contributed by atoms with E-state index >= 15 is 0 Å². The van der Waals surface area contributed by atoms with E-state index in [0.717, 1.165) is 73.6 Å². The summed E-state index contributed by atoms with van der Waals surface area (Å²) in [5, 5.41) is 0. The lowest BCUT2D eigenvalue weighted by Gasteiger charge is -2.27. The summed E-state index contributed by atoms with van der Waals surface area (Å²) in [6.45, 7) is 6.57. The fourth-order valence-corrected chi connectivity index (χ4v) is 3.94. The standard InChI is InChI=1S/C22H28O2/c1-4-14(3)10-11-16-12-15(5-2)13-19-20(16)22(24)18-9-7-6-8-17(18)21(19)23/h12-14H,4-11H2,1-3H3. The molecule has 0 bridgehead atoms. The van der Waals surface area contributed by atoms with E-state index < -0.39 is 0 Å². The molecule has 0 amide bonds. The van der Waals surface area contributed by atoms with Crippen molar-refractivity contribution in [3.8, 4) is 0 Å². The molecule has 0 aliphatic heterocycles. The number of aryl methyl sites for hydroxylation is 2. The fraction of sp³-hybridized carbons (Fsp3) is 0.545. The molecular formula is C22H28O2. The van der Waals surface area contributed by atoms with E-state index in [1.165, 1.54) is 5.56 Å². The number of hydrogen-bond donors (Lipinski definition) is 0. The SMILES string of the molecule is CCc1cc(CCC(C)CC)c2c(c1)C(=O)C1=C(CCCC1)C2=O. The van der Waals surface area contributed by atoms with Crippen LogP contribution in [0.15, 0.2) is 23.3 Å². The number of allylic oxidation sites excluding steroid dienone is 2. The maximum absolute atomic E-state index is 13.1. The molecule has 2 nitrogen and oxygen atoms in total. The molecule has 0 saturated heterocycles. The van der Waals surface area contributed by atoms with Crippen LogP contribution in [0.3, 0.4) is 0 Å². The highest BCUT2D eigenvalue weighted by atomic mass is 16.1. The number of hydrogen-bond acceptors (Lipinski definition) is 2. The topological polar surface area (TPSA) is 34.1 Å². The summed E-state index contributed by atoms with van der Waals surface area (Å²) >= 11 is 0. The molecule has 0 aromatic heterocycles. The average molecular weight is 324 g/mol. The highest BCUT2D eigenvalue weighted by Crippen LogP contribution is 2.37. The lowest BCUT2D eigenvalue weighted by Crippen LogP contribution is -2.26. The first-order valence-electron chi connectivity index (χ1n) is 9.54. The number of ketones is 2. The Balaban J connectivity index is 2.07. The Labute approximate surface area is 145 Å². The second kappa shape index (κ2) is 7.04. The summed E-state index contributed by atoms with van der Waals surface area (Å²) in [5.74, 6) is 0.908. The van der Waals surface area contributed by atoms with Gasteiger partial charge in [-0.05, 0) is 68.1 Å². The van der Waals surface area contributed by atoms with Gasteiger partial charge < -0.3 is 0 Å². The predicted octanol–water partition coefficient (Wildman–Crippen LogP) is 5.48. The van der Waals surface area contributed by atoms with Crippen LogP contribution in [-0.2, 0) is 12.8 Å². The van der Waals surface area contributed by atoms with Crippen molar-refractivity contribution in [2.45, 2.75) is 72.1 Å². The Morgan fingerprint density at radius 2 is 1.67 bits per heavy atom. The van der Waals surface area contributed by atoms with Gasteiger partial charge in [0.1, 0.15) is 0 Å². The van der Waals surface area contributed by atoms with Gasteiger partial charge >= 0.3 is 0 Å². The first-order chi connectivity index (χ1) is 11.6. The highest BCUT2D eigenvalue weighted by Gasteiger charge is 2.34. The molecule has 0 spiro atoms. The second-order valence-electron chi connectivity index (χ2n) is 7.41. The minimum absolute atomic E-state index is 0.124. The molecule has 1 atom stereocenters. The van der Waals surface area contributed by atoms with Crippen molar-refractivity contribution in [1.82, 2.24) is 0 Å². The molecule has 2 aliphatic rings. The summed E-state index contributed by atoms with van der Waals surface area (Å²) in [6, 6.07) is 4.14. The van der Waals surface area contributed by atoms with Crippen LogP contribution in [0.2, 0.25) is 0 Å². The second-order valence-corrected chi connectivity index (χ2v) is 7.41. The van der Waals surface area contributed by atoms with E-state index in [-0.39, 0.29) is 11.6 Å². The molecule has 1 aromatic rings. The van der Waals surface area contributed by atoms with Crippen molar-refractivity contribution in [3.05, 3.63) is 45.5 Å². The number of carbonyl (C=O) groups excluding carboxylic acids is 2. The smallest absolute Gasteiger partial charge is 0.190 e. The fourth-order valence-electron chi connectivity index (χ4n) is 3.94. The van der Waals surface area contributed by atoms with Crippen LogP contribution >= 0.6 is 0 Å². The number of Topliss-reactive ketones (excluding diaryl/α,β-unsaturated/α-hetero) is 2. The molecule has 0 saturated carbocycles. The van der Waals surface area contributed by atoms with Crippen LogP contribution in [0.4, 0.5) is 0 Å². The van der Waals surface area contributed by atoms with Crippen molar-refractivity contribution in [1.29, 1.82) is 0 Å². The van der Waals surface area contributed by atoms with Crippen LogP contribution in [0.25, 0.3) is 0 Å². The minimum atomic E-state index is 0.124. The van der Waals surface area contributed by atoms with Crippen molar-refractivity contribution >= 4 is 11.6 Å². The molecule has 2 aliphatic carbocycles. The molecule has 0 heterocycles. The third-order valence-electron chi connectivity index (χ3n) is 5.78.